The number of hydrogen-bond donors (Lipinski definition) is 1. The molecule has 0 aromatic carbocycles. The number of likely N-dealkylation sites (N-methyl/N-ethyl adjacent to an activating group) is 1. The molecule has 2 unspecified atom stereocenters. The Morgan fingerprint density at radius 3 is 2.95 bits per heavy atom. The summed E-state index contributed by atoms with van der Waals surface area (Å²) in [4.78, 5) is 9.41. The van der Waals surface area contributed by atoms with Crippen LogP contribution in [0.4, 0.5) is 5.82 Å². The highest BCUT2D eigenvalue weighted by atomic mass is 15.3. The van der Waals surface area contributed by atoms with Crippen LogP contribution in [0.3, 0.4) is 0 Å². The predicted octanol–water partition coefficient (Wildman–Crippen LogP) is 1.50. The Kier molecular flexibility index (Phi) is 4.77. The van der Waals surface area contributed by atoms with Crippen molar-refractivity contribution in [2.45, 2.75) is 38.8 Å². The number of piperazine rings is 1. The number of anilines is 1. The minimum atomic E-state index is 0.229. The molecule has 1 aliphatic rings. The van der Waals surface area contributed by atoms with Gasteiger partial charge in [0.1, 0.15) is 5.82 Å². The average molecular weight is 262 g/mol. The fraction of sp³-hybridized carbons (Fsp3) is 0.667. The summed E-state index contributed by atoms with van der Waals surface area (Å²) in [5.74, 6) is 1.13. The molecule has 0 spiro atoms. The maximum Gasteiger partial charge on any atom is 0.131 e. The summed E-state index contributed by atoms with van der Waals surface area (Å²) in [5, 5.41) is 0. The Labute approximate surface area is 116 Å². The second-order valence-corrected chi connectivity index (χ2v) is 5.63. The third kappa shape index (κ3) is 3.45. The largest absolute Gasteiger partial charge is 0.354 e. The van der Waals surface area contributed by atoms with Crippen molar-refractivity contribution in [3.63, 3.8) is 0 Å². The van der Waals surface area contributed by atoms with Crippen LogP contribution in [0.15, 0.2) is 18.3 Å². The van der Waals surface area contributed by atoms with Gasteiger partial charge in [0.25, 0.3) is 0 Å². The van der Waals surface area contributed by atoms with Gasteiger partial charge in [-0.2, -0.15) is 0 Å². The van der Waals surface area contributed by atoms with Crippen LogP contribution >= 0.6 is 0 Å². The number of hydrogen-bond acceptors (Lipinski definition) is 4. The van der Waals surface area contributed by atoms with Crippen molar-refractivity contribution in [3.8, 4) is 0 Å². The van der Waals surface area contributed by atoms with Gasteiger partial charge in [0.05, 0.1) is 0 Å². The molecule has 1 fully saturated rings. The first-order valence-corrected chi connectivity index (χ1v) is 7.26. The van der Waals surface area contributed by atoms with E-state index in [2.05, 4.69) is 41.7 Å². The highest BCUT2D eigenvalue weighted by Gasteiger charge is 2.23. The zero-order chi connectivity index (χ0) is 13.8. The molecule has 1 aromatic heterocycles. The quantitative estimate of drug-likeness (QED) is 0.893. The highest BCUT2D eigenvalue weighted by molar-refractivity contribution is 5.47. The van der Waals surface area contributed by atoms with Gasteiger partial charge in [0, 0.05) is 37.9 Å². The second-order valence-electron chi connectivity index (χ2n) is 5.63. The number of nitrogens with zero attached hydrogens (tertiary/aromatic N) is 3. The van der Waals surface area contributed by atoms with Crippen molar-refractivity contribution in [1.29, 1.82) is 0 Å². The lowest BCUT2D eigenvalue weighted by atomic mass is 10.0. The molecule has 2 heterocycles. The van der Waals surface area contributed by atoms with Gasteiger partial charge in [0.2, 0.25) is 0 Å². The lowest BCUT2D eigenvalue weighted by Gasteiger charge is -2.39. The molecule has 19 heavy (non-hydrogen) atoms. The van der Waals surface area contributed by atoms with E-state index in [0.29, 0.717) is 6.04 Å². The molecule has 0 saturated carbocycles. The molecule has 0 aliphatic carbocycles. The molecule has 4 heteroatoms. The maximum absolute atomic E-state index is 6.10. The summed E-state index contributed by atoms with van der Waals surface area (Å²) in [6.07, 6.45) is 3.81. The van der Waals surface area contributed by atoms with E-state index in [0.717, 1.165) is 38.3 Å². The Balaban J connectivity index is 2.15. The number of pyridine rings is 1. The lowest BCUT2D eigenvalue weighted by Crippen LogP contribution is -2.50. The monoisotopic (exact) mass is 262 g/mol. The standard InChI is InChI=1S/C15H26N4/c1-4-14(16)10-13-6-5-7-17-15(13)19-9-8-18(3)12(2)11-19/h5-7,12,14H,4,8-11,16H2,1-3H3. The topological polar surface area (TPSA) is 45.4 Å². The van der Waals surface area contributed by atoms with Crippen molar-refractivity contribution in [1.82, 2.24) is 9.88 Å². The molecule has 1 saturated heterocycles. The van der Waals surface area contributed by atoms with Gasteiger partial charge in [-0.3, -0.25) is 0 Å². The van der Waals surface area contributed by atoms with Crippen molar-refractivity contribution in [2.75, 3.05) is 31.6 Å². The third-order valence-electron chi connectivity index (χ3n) is 4.13. The molecule has 2 N–H and O–H groups in total. The normalized spacial score (nSPS) is 22.5. The van der Waals surface area contributed by atoms with E-state index in [1.807, 2.05) is 12.3 Å². The zero-order valence-electron chi connectivity index (χ0n) is 12.3. The van der Waals surface area contributed by atoms with Crippen LogP contribution in [0.1, 0.15) is 25.8 Å². The average Bonchev–Trinajstić information content (AvgIpc) is 2.42. The van der Waals surface area contributed by atoms with Gasteiger partial charge in [0.15, 0.2) is 0 Å². The van der Waals surface area contributed by atoms with Crippen molar-refractivity contribution in [3.05, 3.63) is 23.9 Å². The van der Waals surface area contributed by atoms with Crippen LogP contribution in [0, 0.1) is 0 Å². The minimum Gasteiger partial charge on any atom is -0.354 e. The first-order chi connectivity index (χ1) is 9.11. The van der Waals surface area contributed by atoms with Gasteiger partial charge >= 0.3 is 0 Å². The number of aromatic nitrogens is 1. The summed E-state index contributed by atoms with van der Waals surface area (Å²) >= 11 is 0. The van der Waals surface area contributed by atoms with Crippen molar-refractivity contribution < 1.29 is 0 Å². The fourth-order valence-corrected chi connectivity index (χ4v) is 2.54. The molecule has 1 aliphatic heterocycles. The molecule has 1 aromatic rings. The van der Waals surface area contributed by atoms with E-state index < -0.39 is 0 Å². The summed E-state index contributed by atoms with van der Waals surface area (Å²) in [7, 11) is 2.19. The molecule has 0 bridgehead atoms. The number of rotatable bonds is 4. The molecule has 2 atom stereocenters. The predicted molar refractivity (Wildman–Crippen MR) is 80.5 cm³/mol. The molecule has 106 valence electrons. The zero-order valence-corrected chi connectivity index (χ0v) is 12.3. The summed E-state index contributed by atoms with van der Waals surface area (Å²) < 4.78 is 0. The Hall–Kier alpha value is -1.13. The molecular formula is C15H26N4. The van der Waals surface area contributed by atoms with Crippen molar-refractivity contribution in [2.24, 2.45) is 5.73 Å². The fourth-order valence-electron chi connectivity index (χ4n) is 2.54. The van der Waals surface area contributed by atoms with Crippen molar-refractivity contribution >= 4 is 5.82 Å². The van der Waals surface area contributed by atoms with E-state index in [1.54, 1.807) is 0 Å². The highest BCUT2D eigenvalue weighted by Crippen LogP contribution is 2.21. The minimum absolute atomic E-state index is 0.229. The van der Waals surface area contributed by atoms with Crippen LogP contribution in [-0.4, -0.2) is 48.6 Å². The maximum atomic E-state index is 6.10. The van der Waals surface area contributed by atoms with Crippen LogP contribution in [0.2, 0.25) is 0 Å². The summed E-state index contributed by atoms with van der Waals surface area (Å²) in [6, 6.07) is 4.98. The first-order valence-electron chi connectivity index (χ1n) is 7.26. The van der Waals surface area contributed by atoms with Gasteiger partial charge in [-0.05, 0) is 38.4 Å². The van der Waals surface area contributed by atoms with E-state index in [-0.39, 0.29) is 6.04 Å². The van der Waals surface area contributed by atoms with E-state index in [1.165, 1.54) is 5.56 Å². The molecular weight excluding hydrogens is 236 g/mol. The first kappa shape index (κ1) is 14.3. The second kappa shape index (κ2) is 6.35. The SMILES string of the molecule is CCC(N)Cc1cccnc1N1CCN(C)C(C)C1. The third-order valence-corrected chi connectivity index (χ3v) is 4.13. The van der Waals surface area contributed by atoms with Crippen LogP contribution in [-0.2, 0) is 6.42 Å². The van der Waals surface area contributed by atoms with E-state index in [4.69, 9.17) is 5.73 Å². The summed E-state index contributed by atoms with van der Waals surface area (Å²) in [5.41, 5.74) is 7.38. The van der Waals surface area contributed by atoms with Gasteiger partial charge < -0.3 is 15.5 Å². The molecule has 4 nitrogen and oxygen atoms in total. The Morgan fingerprint density at radius 2 is 2.26 bits per heavy atom. The van der Waals surface area contributed by atoms with Gasteiger partial charge in [-0.15, -0.1) is 0 Å². The van der Waals surface area contributed by atoms with Crippen LogP contribution in [0.25, 0.3) is 0 Å². The Bertz CT molecular complexity index is 407. The molecule has 0 amide bonds. The van der Waals surface area contributed by atoms with Gasteiger partial charge in [-0.1, -0.05) is 13.0 Å². The Morgan fingerprint density at radius 1 is 1.47 bits per heavy atom. The summed E-state index contributed by atoms with van der Waals surface area (Å²) in [6.45, 7) is 7.59. The van der Waals surface area contributed by atoms with E-state index >= 15 is 0 Å². The molecule has 2 rings (SSSR count). The number of nitrogens with two attached hydrogens (primary N) is 1. The van der Waals surface area contributed by atoms with E-state index in [9.17, 15) is 0 Å². The molecule has 0 radical (unpaired) electrons. The lowest BCUT2D eigenvalue weighted by molar-refractivity contribution is 0.233. The van der Waals surface area contributed by atoms with Gasteiger partial charge in [-0.25, -0.2) is 4.98 Å². The van der Waals surface area contributed by atoms with Crippen LogP contribution in [0.5, 0.6) is 0 Å². The smallest absolute Gasteiger partial charge is 0.131 e. The van der Waals surface area contributed by atoms with Crippen LogP contribution < -0.4 is 10.6 Å².